The van der Waals surface area contributed by atoms with Gasteiger partial charge < -0.3 is 15.1 Å². The molecular weight excluding hydrogens is 340 g/mol. The van der Waals surface area contributed by atoms with Gasteiger partial charge in [-0.25, -0.2) is 0 Å². The molecule has 5 nitrogen and oxygen atoms in total. The standard InChI is InChI=1S/C22H24N2O3/c1-13-9-8-11-15-14(2)19(27-18(13)15)21(26)23-17-12-7-6-10-16(17)20(25)24-22(3,4)5/h6-12H,1-5H3,(H,23,26)(H,24,25). The first-order valence-electron chi connectivity index (χ1n) is 8.89. The first kappa shape index (κ1) is 18.7. The average molecular weight is 364 g/mol. The Labute approximate surface area is 158 Å². The Morgan fingerprint density at radius 2 is 1.63 bits per heavy atom. The topological polar surface area (TPSA) is 71.3 Å². The third kappa shape index (κ3) is 3.87. The molecule has 0 spiro atoms. The molecule has 2 aromatic carbocycles. The van der Waals surface area contributed by atoms with Gasteiger partial charge in [0.25, 0.3) is 11.8 Å². The van der Waals surface area contributed by atoms with Crippen molar-refractivity contribution in [2.75, 3.05) is 5.32 Å². The van der Waals surface area contributed by atoms with E-state index in [1.165, 1.54) is 0 Å². The molecule has 27 heavy (non-hydrogen) atoms. The Bertz CT molecular complexity index is 1030. The summed E-state index contributed by atoms with van der Waals surface area (Å²) in [5.41, 5.74) is 2.94. The van der Waals surface area contributed by atoms with Gasteiger partial charge in [-0.05, 0) is 52.3 Å². The van der Waals surface area contributed by atoms with Gasteiger partial charge in [0.15, 0.2) is 5.76 Å². The molecule has 2 N–H and O–H groups in total. The summed E-state index contributed by atoms with van der Waals surface area (Å²) in [6.07, 6.45) is 0. The van der Waals surface area contributed by atoms with E-state index in [4.69, 9.17) is 4.42 Å². The summed E-state index contributed by atoms with van der Waals surface area (Å²) in [5, 5.41) is 6.65. The summed E-state index contributed by atoms with van der Waals surface area (Å²) >= 11 is 0. The molecule has 5 heteroatoms. The molecule has 0 saturated carbocycles. The van der Waals surface area contributed by atoms with Crippen LogP contribution < -0.4 is 10.6 Å². The van der Waals surface area contributed by atoms with Gasteiger partial charge in [0.2, 0.25) is 0 Å². The number of para-hydroxylation sites is 2. The lowest BCUT2D eigenvalue weighted by Crippen LogP contribution is -2.40. The molecule has 0 radical (unpaired) electrons. The molecule has 0 aliphatic carbocycles. The molecule has 1 heterocycles. The predicted octanol–water partition coefficient (Wildman–Crippen LogP) is 4.83. The molecule has 140 valence electrons. The summed E-state index contributed by atoms with van der Waals surface area (Å²) in [5.74, 6) is -0.361. The zero-order valence-electron chi connectivity index (χ0n) is 16.3. The number of carbonyl (C=O) groups is 2. The fraction of sp³-hybridized carbons (Fsp3) is 0.273. The highest BCUT2D eigenvalue weighted by atomic mass is 16.3. The van der Waals surface area contributed by atoms with Crippen LogP contribution >= 0.6 is 0 Å². The summed E-state index contributed by atoms with van der Waals surface area (Å²) in [7, 11) is 0. The van der Waals surface area contributed by atoms with Crippen molar-refractivity contribution < 1.29 is 14.0 Å². The Hall–Kier alpha value is -3.08. The van der Waals surface area contributed by atoms with Crippen LogP contribution in [0.3, 0.4) is 0 Å². The number of nitrogens with one attached hydrogen (secondary N) is 2. The minimum absolute atomic E-state index is 0.240. The molecule has 1 aromatic heterocycles. The number of furan rings is 1. The van der Waals surface area contributed by atoms with Crippen LogP contribution in [0.25, 0.3) is 11.0 Å². The second-order valence-corrected chi connectivity index (χ2v) is 7.71. The Morgan fingerprint density at radius 3 is 2.30 bits per heavy atom. The van der Waals surface area contributed by atoms with Crippen molar-refractivity contribution in [3.8, 4) is 0 Å². The summed E-state index contributed by atoms with van der Waals surface area (Å²) < 4.78 is 5.83. The van der Waals surface area contributed by atoms with Gasteiger partial charge in [-0.1, -0.05) is 30.3 Å². The number of benzene rings is 2. The quantitative estimate of drug-likeness (QED) is 0.699. The molecule has 0 bridgehead atoms. The number of hydrogen-bond acceptors (Lipinski definition) is 3. The van der Waals surface area contributed by atoms with Crippen molar-refractivity contribution in [2.24, 2.45) is 0 Å². The van der Waals surface area contributed by atoms with E-state index in [2.05, 4.69) is 10.6 Å². The number of carbonyl (C=O) groups excluding carboxylic acids is 2. The summed E-state index contributed by atoms with van der Waals surface area (Å²) in [6, 6.07) is 12.8. The number of hydrogen-bond donors (Lipinski definition) is 2. The highest BCUT2D eigenvalue weighted by molar-refractivity contribution is 6.10. The fourth-order valence-corrected chi connectivity index (χ4v) is 2.98. The van der Waals surface area contributed by atoms with E-state index in [-0.39, 0.29) is 23.1 Å². The van der Waals surface area contributed by atoms with Crippen LogP contribution in [0.5, 0.6) is 0 Å². The smallest absolute Gasteiger partial charge is 0.291 e. The highest BCUT2D eigenvalue weighted by Gasteiger charge is 2.22. The molecule has 0 unspecified atom stereocenters. The second-order valence-electron chi connectivity index (χ2n) is 7.71. The van der Waals surface area contributed by atoms with Crippen molar-refractivity contribution in [2.45, 2.75) is 40.2 Å². The van der Waals surface area contributed by atoms with Crippen molar-refractivity contribution >= 4 is 28.5 Å². The lowest BCUT2D eigenvalue weighted by atomic mass is 10.1. The molecule has 3 aromatic rings. The first-order chi connectivity index (χ1) is 12.7. The lowest BCUT2D eigenvalue weighted by molar-refractivity contribution is 0.0920. The zero-order chi connectivity index (χ0) is 19.8. The molecule has 0 atom stereocenters. The number of amides is 2. The number of aryl methyl sites for hydroxylation is 2. The van der Waals surface area contributed by atoms with Gasteiger partial charge in [0.1, 0.15) is 5.58 Å². The van der Waals surface area contributed by atoms with Gasteiger partial charge in [-0.2, -0.15) is 0 Å². The largest absolute Gasteiger partial charge is 0.450 e. The van der Waals surface area contributed by atoms with Crippen molar-refractivity contribution in [3.63, 3.8) is 0 Å². The average Bonchev–Trinajstić information content (AvgIpc) is 2.92. The number of fused-ring (bicyclic) bond motifs is 1. The van der Waals surface area contributed by atoms with E-state index in [1.807, 2.05) is 52.8 Å². The van der Waals surface area contributed by atoms with Gasteiger partial charge in [-0.3, -0.25) is 9.59 Å². The van der Waals surface area contributed by atoms with Crippen molar-refractivity contribution in [1.82, 2.24) is 5.32 Å². The van der Waals surface area contributed by atoms with E-state index in [9.17, 15) is 9.59 Å². The van der Waals surface area contributed by atoms with E-state index in [1.54, 1.807) is 24.3 Å². The summed E-state index contributed by atoms with van der Waals surface area (Å²) in [6.45, 7) is 9.53. The fourth-order valence-electron chi connectivity index (χ4n) is 2.98. The summed E-state index contributed by atoms with van der Waals surface area (Å²) in [4.78, 5) is 25.4. The molecule has 0 saturated heterocycles. The van der Waals surface area contributed by atoms with Gasteiger partial charge in [0, 0.05) is 16.5 Å². The number of rotatable bonds is 3. The Kier molecular flexibility index (Phi) is 4.79. The Balaban J connectivity index is 1.93. The Morgan fingerprint density at radius 1 is 0.926 bits per heavy atom. The molecule has 3 rings (SSSR count). The molecular formula is C22H24N2O3. The van der Waals surface area contributed by atoms with Gasteiger partial charge in [-0.15, -0.1) is 0 Å². The maximum atomic E-state index is 12.8. The normalized spacial score (nSPS) is 11.4. The highest BCUT2D eigenvalue weighted by Crippen LogP contribution is 2.28. The lowest BCUT2D eigenvalue weighted by Gasteiger charge is -2.21. The maximum absolute atomic E-state index is 12.8. The van der Waals surface area contributed by atoms with Gasteiger partial charge in [0.05, 0.1) is 11.3 Å². The first-order valence-corrected chi connectivity index (χ1v) is 8.89. The van der Waals surface area contributed by atoms with E-state index < -0.39 is 0 Å². The van der Waals surface area contributed by atoms with Crippen molar-refractivity contribution in [3.05, 3.63) is 64.9 Å². The van der Waals surface area contributed by atoms with Crippen molar-refractivity contribution in [1.29, 1.82) is 0 Å². The number of anilines is 1. The molecule has 0 fully saturated rings. The van der Waals surface area contributed by atoms with Crippen LogP contribution in [0.15, 0.2) is 46.9 Å². The van der Waals surface area contributed by atoms with Crippen LogP contribution in [-0.4, -0.2) is 17.4 Å². The van der Waals surface area contributed by atoms with Crippen LogP contribution in [0.2, 0.25) is 0 Å². The maximum Gasteiger partial charge on any atom is 0.291 e. The minimum atomic E-state index is -0.376. The second kappa shape index (κ2) is 6.91. The molecule has 0 aliphatic heterocycles. The zero-order valence-corrected chi connectivity index (χ0v) is 16.3. The minimum Gasteiger partial charge on any atom is -0.450 e. The SMILES string of the molecule is Cc1c(C(=O)Nc2ccccc2C(=O)NC(C)(C)C)oc2c(C)cccc12. The van der Waals surface area contributed by atoms with E-state index in [0.29, 0.717) is 16.8 Å². The monoisotopic (exact) mass is 364 g/mol. The van der Waals surface area contributed by atoms with Crippen LogP contribution in [0.1, 0.15) is 52.8 Å². The molecule has 0 aliphatic rings. The van der Waals surface area contributed by atoms with Gasteiger partial charge >= 0.3 is 0 Å². The third-order valence-electron chi connectivity index (χ3n) is 4.28. The predicted molar refractivity (Wildman–Crippen MR) is 107 cm³/mol. The van der Waals surface area contributed by atoms with E-state index >= 15 is 0 Å². The van der Waals surface area contributed by atoms with Crippen LogP contribution in [0, 0.1) is 13.8 Å². The van der Waals surface area contributed by atoms with Crippen LogP contribution in [0.4, 0.5) is 5.69 Å². The van der Waals surface area contributed by atoms with E-state index in [0.717, 1.165) is 16.5 Å². The third-order valence-corrected chi connectivity index (χ3v) is 4.28. The van der Waals surface area contributed by atoms with Crippen LogP contribution in [-0.2, 0) is 0 Å². The molecule has 2 amide bonds.